The first-order chi connectivity index (χ1) is 16.7. The molecule has 0 aromatic heterocycles. The van der Waals surface area contributed by atoms with E-state index in [2.05, 4.69) is 6.92 Å². The summed E-state index contributed by atoms with van der Waals surface area (Å²) >= 11 is 0. The highest BCUT2D eigenvalue weighted by Gasteiger charge is 2.42. The third kappa shape index (κ3) is 6.68. The van der Waals surface area contributed by atoms with Crippen LogP contribution in [0.15, 0.2) is 30.3 Å². The molecular weight excluding hydrogens is 463 g/mol. The monoisotopic (exact) mass is 498 g/mol. The van der Waals surface area contributed by atoms with Gasteiger partial charge in [-0.3, -0.25) is 0 Å². The molecule has 2 nitrogen and oxygen atoms in total. The predicted molar refractivity (Wildman–Crippen MR) is 127 cm³/mol. The van der Waals surface area contributed by atoms with Gasteiger partial charge in [-0.2, -0.15) is 8.78 Å². The first-order valence-corrected chi connectivity index (χ1v) is 12.6. The number of rotatable bonds is 11. The molecule has 1 saturated carbocycles. The van der Waals surface area contributed by atoms with Crippen molar-refractivity contribution in [3.8, 4) is 11.5 Å². The maximum Gasteiger partial charge on any atom is 0.429 e. The third-order valence-electron chi connectivity index (χ3n) is 6.93. The molecular formula is C28H35F5O2. The van der Waals surface area contributed by atoms with Crippen LogP contribution in [0.25, 0.3) is 0 Å². The third-order valence-corrected chi connectivity index (χ3v) is 6.93. The lowest BCUT2D eigenvalue weighted by Gasteiger charge is -2.29. The summed E-state index contributed by atoms with van der Waals surface area (Å²) in [6.07, 6.45) is 2.09. The largest absolute Gasteiger partial charge is 0.493 e. The van der Waals surface area contributed by atoms with Crippen molar-refractivity contribution >= 4 is 0 Å². The van der Waals surface area contributed by atoms with Crippen LogP contribution in [-0.4, -0.2) is 6.61 Å². The van der Waals surface area contributed by atoms with E-state index in [-0.39, 0.29) is 17.9 Å². The molecule has 194 valence electrons. The summed E-state index contributed by atoms with van der Waals surface area (Å²) in [4.78, 5) is 0. The molecule has 0 aliphatic heterocycles. The van der Waals surface area contributed by atoms with Gasteiger partial charge in [0, 0.05) is 0 Å². The van der Waals surface area contributed by atoms with E-state index < -0.39 is 35.2 Å². The van der Waals surface area contributed by atoms with Gasteiger partial charge in [-0.25, -0.2) is 13.2 Å². The molecule has 35 heavy (non-hydrogen) atoms. The summed E-state index contributed by atoms with van der Waals surface area (Å²) in [5.41, 5.74) is -1.55. The van der Waals surface area contributed by atoms with Gasteiger partial charge in [0.25, 0.3) is 6.43 Å². The zero-order valence-electron chi connectivity index (χ0n) is 20.7. The Bertz CT molecular complexity index is 951. The molecule has 0 saturated heterocycles. The maximum atomic E-state index is 15.0. The minimum absolute atomic E-state index is 0.00229. The predicted octanol–water partition coefficient (Wildman–Crippen LogP) is 9.45. The highest BCUT2D eigenvalue weighted by Crippen LogP contribution is 2.43. The van der Waals surface area contributed by atoms with Crippen molar-refractivity contribution in [2.75, 3.05) is 6.61 Å². The molecule has 1 fully saturated rings. The van der Waals surface area contributed by atoms with Gasteiger partial charge >= 0.3 is 6.11 Å². The van der Waals surface area contributed by atoms with Gasteiger partial charge in [0.05, 0.1) is 12.2 Å². The van der Waals surface area contributed by atoms with Crippen molar-refractivity contribution in [2.45, 2.75) is 90.6 Å². The molecule has 0 bridgehead atoms. The highest BCUT2D eigenvalue weighted by molar-refractivity contribution is 5.46. The standard InChI is InChI=1S/C28H35F5O2/c1-4-6-7-8-19-9-11-20(12-10-19)21-13-15-22(16-14-21)35-28(32,33)25-18(3)17-23(34-5-2)24(26(25)29)27(30)31/h13-17,19-20,27H,4-12H2,1-3H3. The van der Waals surface area contributed by atoms with Gasteiger partial charge in [0.2, 0.25) is 0 Å². The van der Waals surface area contributed by atoms with Crippen LogP contribution in [0.1, 0.15) is 99.8 Å². The maximum absolute atomic E-state index is 15.0. The molecule has 0 atom stereocenters. The van der Waals surface area contributed by atoms with Gasteiger partial charge < -0.3 is 9.47 Å². The molecule has 0 radical (unpaired) electrons. The number of aryl methyl sites for hydroxylation is 1. The molecule has 2 aromatic carbocycles. The minimum atomic E-state index is -4.14. The van der Waals surface area contributed by atoms with Crippen LogP contribution in [0, 0.1) is 18.7 Å². The van der Waals surface area contributed by atoms with Gasteiger partial charge in [-0.15, -0.1) is 0 Å². The second-order valence-electron chi connectivity index (χ2n) is 9.43. The van der Waals surface area contributed by atoms with Crippen molar-refractivity contribution in [1.29, 1.82) is 0 Å². The Morgan fingerprint density at radius 2 is 1.66 bits per heavy atom. The first kappa shape index (κ1) is 27.3. The zero-order valence-corrected chi connectivity index (χ0v) is 20.7. The van der Waals surface area contributed by atoms with Crippen LogP contribution in [0.4, 0.5) is 22.0 Å². The summed E-state index contributed by atoms with van der Waals surface area (Å²) in [6.45, 7) is 4.96. The Labute approximate surface area is 204 Å². The number of alkyl halides is 4. The van der Waals surface area contributed by atoms with Crippen LogP contribution < -0.4 is 9.47 Å². The van der Waals surface area contributed by atoms with E-state index in [4.69, 9.17) is 9.47 Å². The number of benzene rings is 2. The summed E-state index contributed by atoms with van der Waals surface area (Å²) in [5.74, 6) is -1.16. The molecule has 7 heteroatoms. The van der Waals surface area contributed by atoms with Gasteiger partial charge in [0.15, 0.2) is 0 Å². The number of halogens is 5. The molecule has 1 aliphatic rings. The fraction of sp³-hybridized carbons (Fsp3) is 0.571. The average molecular weight is 499 g/mol. The van der Waals surface area contributed by atoms with Crippen molar-refractivity contribution < 1.29 is 31.4 Å². The second-order valence-corrected chi connectivity index (χ2v) is 9.43. The van der Waals surface area contributed by atoms with E-state index >= 15 is 8.78 Å². The van der Waals surface area contributed by atoms with E-state index in [0.717, 1.165) is 30.4 Å². The molecule has 0 amide bonds. The Balaban J connectivity index is 1.71. The smallest absolute Gasteiger partial charge is 0.429 e. The van der Waals surface area contributed by atoms with E-state index in [0.29, 0.717) is 5.92 Å². The van der Waals surface area contributed by atoms with Crippen molar-refractivity contribution in [3.63, 3.8) is 0 Å². The zero-order chi connectivity index (χ0) is 25.6. The number of hydrogen-bond acceptors (Lipinski definition) is 2. The Morgan fingerprint density at radius 3 is 2.23 bits per heavy atom. The molecule has 0 unspecified atom stereocenters. The molecule has 2 aromatic rings. The molecule has 0 spiro atoms. The SMILES string of the molecule is CCCCCC1CCC(c2ccc(OC(F)(F)c3c(C)cc(OCC)c(C(F)F)c3F)cc2)CC1. The quantitative estimate of drug-likeness (QED) is 0.227. The van der Waals surface area contributed by atoms with Crippen molar-refractivity contribution in [2.24, 2.45) is 5.92 Å². The van der Waals surface area contributed by atoms with Crippen LogP contribution in [0.5, 0.6) is 11.5 Å². The Hall–Kier alpha value is -2.31. The van der Waals surface area contributed by atoms with Crippen LogP contribution in [0.3, 0.4) is 0 Å². The Kier molecular flexibility index (Phi) is 9.42. The topological polar surface area (TPSA) is 18.5 Å². The highest BCUT2D eigenvalue weighted by atomic mass is 19.3. The molecule has 1 aliphatic carbocycles. The summed E-state index contributed by atoms with van der Waals surface area (Å²) in [6, 6.07) is 7.40. The number of unbranched alkanes of at least 4 members (excludes halogenated alkanes) is 2. The van der Waals surface area contributed by atoms with Crippen LogP contribution in [-0.2, 0) is 6.11 Å². The lowest BCUT2D eigenvalue weighted by molar-refractivity contribution is -0.188. The number of ether oxygens (including phenoxy) is 2. The minimum Gasteiger partial charge on any atom is -0.493 e. The summed E-state index contributed by atoms with van der Waals surface area (Å²) in [5, 5.41) is 0. The van der Waals surface area contributed by atoms with Crippen molar-refractivity contribution in [3.05, 3.63) is 58.4 Å². The van der Waals surface area contributed by atoms with Gasteiger partial charge in [0.1, 0.15) is 22.9 Å². The average Bonchev–Trinajstić information content (AvgIpc) is 2.79. The normalized spacial score (nSPS) is 18.7. The van der Waals surface area contributed by atoms with E-state index in [1.165, 1.54) is 64.5 Å². The van der Waals surface area contributed by atoms with E-state index in [1.807, 2.05) is 0 Å². The van der Waals surface area contributed by atoms with Crippen LogP contribution >= 0.6 is 0 Å². The van der Waals surface area contributed by atoms with Crippen molar-refractivity contribution in [1.82, 2.24) is 0 Å². The lowest BCUT2D eigenvalue weighted by atomic mass is 9.77. The molecule has 3 rings (SSSR count). The Morgan fingerprint density at radius 1 is 1.00 bits per heavy atom. The number of hydrogen-bond donors (Lipinski definition) is 0. The lowest BCUT2D eigenvalue weighted by Crippen LogP contribution is -2.26. The second kappa shape index (κ2) is 12.1. The summed E-state index contributed by atoms with van der Waals surface area (Å²) < 4.78 is 81.7. The van der Waals surface area contributed by atoms with Gasteiger partial charge in [-0.05, 0) is 80.7 Å². The fourth-order valence-corrected chi connectivity index (χ4v) is 5.07. The van der Waals surface area contributed by atoms with E-state index in [9.17, 15) is 13.2 Å². The first-order valence-electron chi connectivity index (χ1n) is 12.6. The van der Waals surface area contributed by atoms with Gasteiger partial charge in [-0.1, -0.05) is 44.7 Å². The van der Waals surface area contributed by atoms with Crippen LogP contribution in [0.2, 0.25) is 0 Å². The molecule has 0 N–H and O–H groups in total. The molecule has 0 heterocycles. The van der Waals surface area contributed by atoms with E-state index in [1.54, 1.807) is 12.1 Å². The summed E-state index contributed by atoms with van der Waals surface area (Å²) in [7, 11) is 0. The fourth-order valence-electron chi connectivity index (χ4n) is 5.07.